The molecule has 40 heavy (non-hydrogen) atoms. The fourth-order valence-electron chi connectivity index (χ4n) is 4.40. The summed E-state index contributed by atoms with van der Waals surface area (Å²) in [5.41, 5.74) is -2.19. The van der Waals surface area contributed by atoms with Crippen molar-refractivity contribution in [2.24, 2.45) is 0 Å². The fourth-order valence-corrected chi connectivity index (χ4v) is 4.92. The van der Waals surface area contributed by atoms with Crippen LogP contribution in [0.4, 0.5) is 24.5 Å². The molecule has 1 saturated heterocycles. The summed E-state index contributed by atoms with van der Waals surface area (Å²) in [5, 5.41) is 18.6. The van der Waals surface area contributed by atoms with Crippen molar-refractivity contribution >= 4 is 45.5 Å². The molecule has 1 amide bonds. The maximum atomic E-state index is 15.4. The summed E-state index contributed by atoms with van der Waals surface area (Å²) >= 11 is 5.64. The number of ether oxygens (including phenoxy) is 2. The summed E-state index contributed by atoms with van der Waals surface area (Å²) in [4.78, 5) is 24.2. The SMILES string of the molecule is C/C=C/C(F)(F)c1cc(N2C(=O)C(C)(C)N(c3cc(F)c4nc(OC)nc(OCCO)c4c3)C2=S)ccc1C#N. The Morgan fingerprint density at radius 2 is 1.95 bits per heavy atom. The van der Waals surface area contributed by atoms with E-state index in [4.69, 9.17) is 21.7 Å². The van der Waals surface area contributed by atoms with E-state index in [0.717, 1.165) is 23.1 Å². The van der Waals surface area contributed by atoms with E-state index in [1.54, 1.807) is 19.9 Å². The van der Waals surface area contributed by atoms with Gasteiger partial charge in [-0.05, 0) is 69.4 Å². The molecule has 2 aromatic carbocycles. The molecule has 13 heteroatoms. The summed E-state index contributed by atoms with van der Waals surface area (Å²) in [5.74, 6) is -4.90. The number of carbonyl (C=O) groups excluding carboxylic acids is 1. The van der Waals surface area contributed by atoms with E-state index in [1.807, 2.05) is 0 Å². The summed E-state index contributed by atoms with van der Waals surface area (Å²) in [6.45, 7) is 4.06. The minimum atomic E-state index is -3.48. The molecule has 0 radical (unpaired) electrons. The first kappa shape index (κ1) is 28.7. The molecular weight excluding hydrogens is 547 g/mol. The minimum absolute atomic E-state index is 0.0186. The Labute approximate surface area is 233 Å². The third-order valence-corrected chi connectivity index (χ3v) is 6.60. The van der Waals surface area contributed by atoms with Gasteiger partial charge in [0, 0.05) is 11.3 Å². The monoisotopic (exact) mass is 571 g/mol. The Kier molecular flexibility index (Phi) is 7.69. The number of thiocarbonyl (C=S) groups is 1. The molecule has 1 aliphatic heterocycles. The number of aliphatic hydroxyl groups excluding tert-OH is 1. The second-order valence-electron chi connectivity index (χ2n) is 9.19. The van der Waals surface area contributed by atoms with E-state index in [9.17, 15) is 23.9 Å². The predicted molar refractivity (Wildman–Crippen MR) is 145 cm³/mol. The molecular formula is C27H24F3N5O4S. The number of methoxy groups -OCH3 is 1. The maximum Gasteiger partial charge on any atom is 0.320 e. The van der Waals surface area contributed by atoms with E-state index in [0.29, 0.717) is 6.08 Å². The molecule has 4 rings (SSSR count). The Balaban J connectivity index is 1.86. The second kappa shape index (κ2) is 10.7. The first-order valence-electron chi connectivity index (χ1n) is 11.9. The third kappa shape index (κ3) is 4.80. The van der Waals surface area contributed by atoms with Gasteiger partial charge in [-0.1, -0.05) is 6.08 Å². The van der Waals surface area contributed by atoms with Crippen LogP contribution in [0.1, 0.15) is 31.9 Å². The van der Waals surface area contributed by atoms with E-state index in [1.165, 1.54) is 37.1 Å². The molecule has 0 bridgehead atoms. The molecule has 2 heterocycles. The molecule has 1 aromatic heterocycles. The lowest BCUT2D eigenvalue weighted by atomic mass is 9.99. The normalized spacial score (nSPS) is 15.3. The number of alkyl halides is 2. The highest BCUT2D eigenvalue weighted by Gasteiger charge is 2.51. The zero-order valence-electron chi connectivity index (χ0n) is 21.9. The van der Waals surface area contributed by atoms with Gasteiger partial charge in [-0.2, -0.15) is 24.0 Å². The highest BCUT2D eigenvalue weighted by molar-refractivity contribution is 7.81. The van der Waals surface area contributed by atoms with Crippen LogP contribution >= 0.6 is 12.2 Å². The van der Waals surface area contributed by atoms with Crippen LogP contribution in [0.5, 0.6) is 11.9 Å². The molecule has 0 saturated carbocycles. The van der Waals surface area contributed by atoms with Crippen molar-refractivity contribution in [2.75, 3.05) is 30.1 Å². The lowest BCUT2D eigenvalue weighted by molar-refractivity contribution is -0.120. The molecule has 1 N–H and O–H groups in total. The molecule has 0 aliphatic carbocycles. The van der Waals surface area contributed by atoms with E-state index >= 15 is 4.39 Å². The van der Waals surface area contributed by atoms with Crippen LogP contribution < -0.4 is 19.3 Å². The van der Waals surface area contributed by atoms with Crippen LogP contribution in [0, 0.1) is 17.1 Å². The first-order chi connectivity index (χ1) is 18.9. The highest BCUT2D eigenvalue weighted by Crippen LogP contribution is 2.41. The number of nitrogens with zero attached hydrogens (tertiary/aromatic N) is 5. The number of amides is 1. The maximum absolute atomic E-state index is 15.4. The van der Waals surface area contributed by atoms with Gasteiger partial charge in [0.15, 0.2) is 10.9 Å². The van der Waals surface area contributed by atoms with E-state index in [-0.39, 0.29) is 58.1 Å². The molecule has 3 aromatic rings. The van der Waals surface area contributed by atoms with Gasteiger partial charge in [-0.25, -0.2) is 4.39 Å². The fraction of sp³-hybridized carbons (Fsp3) is 0.296. The van der Waals surface area contributed by atoms with E-state index in [2.05, 4.69) is 9.97 Å². The summed E-state index contributed by atoms with van der Waals surface area (Å²) in [6, 6.07) is 7.78. The minimum Gasteiger partial charge on any atom is -0.475 e. The number of benzene rings is 2. The van der Waals surface area contributed by atoms with Crippen LogP contribution in [0.3, 0.4) is 0 Å². The third-order valence-electron chi connectivity index (χ3n) is 6.24. The van der Waals surface area contributed by atoms with Crippen molar-refractivity contribution in [1.82, 2.24) is 9.97 Å². The van der Waals surface area contributed by atoms with Crippen LogP contribution in [0.2, 0.25) is 0 Å². The van der Waals surface area contributed by atoms with Crippen LogP contribution in [0.25, 0.3) is 10.9 Å². The number of aromatic nitrogens is 2. The van der Waals surface area contributed by atoms with Crippen molar-refractivity contribution in [3.63, 3.8) is 0 Å². The number of aliphatic hydroxyl groups is 1. The second-order valence-corrected chi connectivity index (χ2v) is 9.56. The number of rotatable bonds is 8. The zero-order valence-corrected chi connectivity index (χ0v) is 22.7. The van der Waals surface area contributed by atoms with Crippen molar-refractivity contribution < 1.29 is 32.5 Å². The molecule has 0 atom stereocenters. The van der Waals surface area contributed by atoms with Gasteiger partial charge in [0.2, 0.25) is 5.88 Å². The average Bonchev–Trinajstić information content (AvgIpc) is 3.09. The smallest absolute Gasteiger partial charge is 0.320 e. The lowest BCUT2D eigenvalue weighted by Crippen LogP contribution is -2.44. The number of fused-ring (bicyclic) bond motifs is 1. The summed E-state index contributed by atoms with van der Waals surface area (Å²) in [7, 11) is 1.30. The number of allylic oxidation sites excluding steroid dienone is 2. The Bertz CT molecular complexity index is 1590. The zero-order chi connectivity index (χ0) is 29.4. The van der Waals surface area contributed by atoms with Gasteiger partial charge >= 0.3 is 6.01 Å². The molecule has 1 fully saturated rings. The molecule has 1 aliphatic rings. The van der Waals surface area contributed by atoms with E-state index < -0.39 is 28.7 Å². The van der Waals surface area contributed by atoms with Gasteiger partial charge in [0.05, 0.1) is 36.4 Å². The van der Waals surface area contributed by atoms with Crippen LogP contribution in [-0.2, 0) is 10.7 Å². The van der Waals surface area contributed by atoms with Crippen LogP contribution in [0.15, 0.2) is 42.5 Å². The average molecular weight is 572 g/mol. The molecule has 208 valence electrons. The van der Waals surface area contributed by atoms with Gasteiger partial charge in [-0.15, -0.1) is 0 Å². The molecule has 0 unspecified atom stereocenters. The van der Waals surface area contributed by atoms with Gasteiger partial charge < -0.3 is 19.5 Å². The molecule has 0 spiro atoms. The predicted octanol–water partition coefficient (Wildman–Crippen LogP) is 4.60. The first-order valence-corrected chi connectivity index (χ1v) is 12.4. The van der Waals surface area contributed by atoms with Crippen molar-refractivity contribution in [3.05, 3.63) is 59.4 Å². The summed E-state index contributed by atoms with van der Waals surface area (Å²) < 4.78 is 55.6. The van der Waals surface area contributed by atoms with Crippen molar-refractivity contribution in [3.8, 4) is 18.0 Å². The Morgan fingerprint density at radius 1 is 1.23 bits per heavy atom. The number of halogens is 3. The van der Waals surface area contributed by atoms with Gasteiger partial charge in [-0.3, -0.25) is 9.69 Å². The highest BCUT2D eigenvalue weighted by atomic mass is 32.1. The Morgan fingerprint density at radius 3 is 2.58 bits per heavy atom. The lowest BCUT2D eigenvalue weighted by Gasteiger charge is -2.29. The van der Waals surface area contributed by atoms with Crippen molar-refractivity contribution in [2.45, 2.75) is 32.2 Å². The van der Waals surface area contributed by atoms with Gasteiger partial charge in [0.1, 0.15) is 17.7 Å². The standard InChI is InChI=1S/C27H24F3N5O4S/c1-5-8-27(29,30)19-12-16(7-6-15(19)14-31)34-23(37)26(2,3)35(25(34)40)17-11-18-21(20(28)13-17)32-24(38-4)33-22(18)39-10-9-36/h5-8,11-13,36H,9-10H2,1-4H3/b8-5+. The summed E-state index contributed by atoms with van der Waals surface area (Å²) in [6.07, 6.45) is 1.81. The topological polar surface area (TPSA) is 112 Å². The number of carbonyl (C=O) groups is 1. The largest absolute Gasteiger partial charge is 0.475 e. The van der Waals surface area contributed by atoms with Crippen LogP contribution in [-0.4, -0.2) is 52.0 Å². The Hall–Kier alpha value is -4.28. The number of anilines is 2. The van der Waals surface area contributed by atoms with Gasteiger partial charge in [0.25, 0.3) is 11.8 Å². The van der Waals surface area contributed by atoms with Crippen molar-refractivity contribution in [1.29, 1.82) is 5.26 Å². The number of nitriles is 1. The quantitative estimate of drug-likeness (QED) is 0.306. The number of hydrogen-bond acceptors (Lipinski definition) is 8. The molecule has 9 nitrogen and oxygen atoms in total. The number of hydrogen-bond donors (Lipinski definition) is 1.